The highest BCUT2D eigenvalue weighted by atomic mass is 19.4. The van der Waals surface area contributed by atoms with Gasteiger partial charge in [-0.25, -0.2) is 15.1 Å². The van der Waals surface area contributed by atoms with Crippen LogP contribution in [-0.2, 0) is 9.59 Å². The third-order valence-corrected chi connectivity index (χ3v) is 6.95. The van der Waals surface area contributed by atoms with Crippen LogP contribution < -0.4 is 34.8 Å². The lowest BCUT2D eigenvalue weighted by molar-refractivity contribution is -0.192. The van der Waals surface area contributed by atoms with E-state index in [-0.39, 0.29) is 18.4 Å². The van der Waals surface area contributed by atoms with Gasteiger partial charge in [-0.3, -0.25) is 14.9 Å². The van der Waals surface area contributed by atoms with Gasteiger partial charge in [0.05, 0.1) is 27.0 Å². The second-order valence-electron chi connectivity index (χ2n) is 10.1. The quantitative estimate of drug-likeness (QED) is 0.120. The Kier molecular flexibility index (Phi) is 15.1. The molecule has 0 unspecified atom stereocenters. The van der Waals surface area contributed by atoms with Gasteiger partial charge in [-0.2, -0.15) is 13.2 Å². The Balaban J connectivity index is 0.000000900. The predicted octanol–water partition coefficient (Wildman–Crippen LogP) is 5.83. The average molecular weight is 643 g/mol. The Morgan fingerprint density at radius 3 is 1.93 bits per heavy atom. The maximum absolute atomic E-state index is 13.5. The number of aliphatic carboxylic acids is 1. The van der Waals surface area contributed by atoms with Gasteiger partial charge in [0.25, 0.3) is 0 Å². The Morgan fingerprint density at radius 2 is 1.44 bits per heavy atom. The number of nitrogens with zero attached hydrogens (tertiary/aromatic N) is 2. The number of methoxy groups -OCH3 is 3. The van der Waals surface area contributed by atoms with Crippen molar-refractivity contribution < 1.29 is 52.1 Å². The van der Waals surface area contributed by atoms with E-state index in [4.69, 9.17) is 29.3 Å². The first kappa shape index (κ1) is 36.8. The third-order valence-electron chi connectivity index (χ3n) is 6.95. The van der Waals surface area contributed by atoms with E-state index in [1.54, 1.807) is 22.5 Å². The Labute approximate surface area is 260 Å². The van der Waals surface area contributed by atoms with E-state index in [2.05, 4.69) is 22.3 Å². The number of hydroxylamine groups is 1. The topological polar surface area (TPSA) is 150 Å². The average Bonchev–Trinajstić information content (AvgIpc) is 3.04. The van der Waals surface area contributed by atoms with Gasteiger partial charge < -0.3 is 29.5 Å². The molecule has 45 heavy (non-hydrogen) atoms. The van der Waals surface area contributed by atoms with E-state index in [1.807, 2.05) is 12.1 Å². The Morgan fingerprint density at radius 1 is 0.889 bits per heavy atom. The molecular formula is C30H41F3N4O8. The molecule has 3 rings (SSSR count). The number of hydrogen-bond donors (Lipinski definition) is 4. The highest BCUT2D eigenvalue weighted by molar-refractivity contribution is 6.02. The normalized spacial score (nSPS) is 12.7. The second-order valence-corrected chi connectivity index (χ2v) is 10.1. The van der Waals surface area contributed by atoms with Gasteiger partial charge in [-0.15, -0.1) is 0 Å². The zero-order valence-electron chi connectivity index (χ0n) is 25.6. The van der Waals surface area contributed by atoms with Crippen LogP contribution in [-0.4, -0.2) is 75.4 Å². The number of carbonyl (C=O) groups excluding carboxylic acids is 2. The van der Waals surface area contributed by atoms with Crippen LogP contribution in [0.3, 0.4) is 0 Å². The molecule has 1 saturated heterocycles. The number of carboxylic acid groups (broad SMARTS) is 1. The number of urea groups is 1. The Hall–Kier alpha value is -4.40. The minimum atomic E-state index is -5.08. The van der Waals surface area contributed by atoms with Crippen molar-refractivity contribution in [2.24, 2.45) is 0 Å². The van der Waals surface area contributed by atoms with E-state index in [1.165, 1.54) is 46.3 Å². The molecule has 3 amide bonds. The summed E-state index contributed by atoms with van der Waals surface area (Å²) in [4.78, 5) is 37.7. The summed E-state index contributed by atoms with van der Waals surface area (Å²) in [6.45, 7) is 2.61. The lowest BCUT2D eigenvalue weighted by Crippen LogP contribution is -2.36. The van der Waals surface area contributed by atoms with Crippen molar-refractivity contribution in [2.45, 2.75) is 57.5 Å². The van der Waals surface area contributed by atoms with Gasteiger partial charge in [-0.05, 0) is 56.4 Å². The molecular weight excluding hydrogens is 601 g/mol. The number of nitrogens with one attached hydrogen (secondary N) is 2. The van der Waals surface area contributed by atoms with E-state index in [9.17, 15) is 22.8 Å². The number of hydrogen-bond acceptors (Lipinski definition) is 8. The number of rotatable bonds is 13. The summed E-state index contributed by atoms with van der Waals surface area (Å²) in [5.41, 5.74) is 4.15. The zero-order valence-corrected chi connectivity index (χ0v) is 25.6. The van der Waals surface area contributed by atoms with Crippen LogP contribution >= 0.6 is 0 Å². The van der Waals surface area contributed by atoms with Crippen molar-refractivity contribution in [3.05, 3.63) is 36.4 Å². The van der Waals surface area contributed by atoms with E-state index >= 15 is 0 Å². The number of amides is 3. The molecule has 1 heterocycles. The van der Waals surface area contributed by atoms with E-state index in [0.717, 1.165) is 38.0 Å². The third kappa shape index (κ3) is 11.9. The number of benzene rings is 2. The highest BCUT2D eigenvalue weighted by Gasteiger charge is 2.38. The first-order chi connectivity index (χ1) is 21.4. The van der Waals surface area contributed by atoms with E-state index < -0.39 is 12.1 Å². The van der Waals surface area contributed by atoms with Gasteiger partial charge in [-0.1, -0.05) is 12.8 Å². The van der Waals surface area contributed by atoms with Crippen LogP contribution in [0.4, 0.5) is 35.0 Å². The lowest BCUT2D eigenvalue weighted by atomic mass is 10.1. The maximum Gasteiger partial charge on any atom is 0.490 e. The van der Waals surface area contributed by atoms with E-state index in [0.29, 0.717) is 35.9 Å². The molecule has 2 aromatic rings. The van der Waals surface area contributed by atoms with Gasteiger partial charge in [0.15, 0.2) is 11.5 Å². The van der Waals surface area contributed by atoms with Crippen LogP contribution in [0.5, 0.6) is 17.2 Å². The van der Waals surface area contributed by atoms with Gasteiger partial charge in [0.2, 0.25) is 11.7 Å². The molecule has 1 fully saturated rings. The molecule has 0 spiro atoms. The minimum absolute atomic E-state index is 0.273. The number of unbranched alkanes of at least 4 members (excludes halogenated alkanes) is 3. The molecule has 0 bridgehead atoms. The summed E-state index contributed by atoms with van der Waals surface area (Å²) < 4.78 is 48.0. The number of ether oxygens (including phenoxy) is 3. The molecule has 0 aromatic heterocycles. The van der Waals surface area contributed by atoms with Crippen molar-refractivity contribution in [2.75, 3.05) is 56.1 Å². The van der Waals surface area contributed by atoms with Gasteiger partial charge in [0, 0.05) is 49.6 Å². The standard InChI is InChI=1S/C28H40N4O6.C2HF3O2/c1-36-24-19-21(20-25(37-2)27(24)38-3)29-28(34)32(18-10-5-4-7-11-26(33)30-35)23-14-12-22(13-15-23)31-16-8-6-9-17-31;3-2(4,5)1(6)7/h12-15,19-20,35H,4-11,16-18H2,1-3H3,(H,29,34)(H,30,33);(H,6,7). The maximum atomic E-state index is 13.5. The van der Waals surface area contributed by atoms with Crippen LogP contribution in [0, 0.1) is 0 Å². The van der Waals surface area contributed by atoms with Crippen molar-refractivity contribution in [3.63, 3.8) is 0 Å². The first-order valence-electron chi connectivity index (χ1n) is 14.4. The van der Waals surface area contributed by atoms with Crippen molar-refractivity contribution in [3.8, 4) is 17.2 Å². The fourth-order valence-corrected chi connectivity index (χ4v) is 4.65. The molecule has 1 aliphatic heterocycles. The zero-order chi connectivity index (χ0) is 33.4. The van der Waals surface area contributed by atoms with Gasteiger partial charge in [0.1, 0.15) is 0 Å². The molecule has 4 N–H and O–H groups in total. The number of carbonyl (C=O) groups is 3. The van der Waals surface area contributed by atoms with Crippen LogP contribution in [0.25, 0.3) is 0 Å². The smallest absolute Gasteiger partial charge is 0.490 e. The number of alkyl halides is 3. The predicted molar refractivity (Wildman–Crippen MR) is 162 cm³/mol. The molecule has 250 valence electrons. The van der Waals surface area contributed by atoms with Crippen molar-refractivity contribution in [1.29, 1.82) is 0 Å². The molecule has 12 nitrogen and oxygen atoms in total. The summed E-state index contributed by atoms with van der Waals surface area (Å²) in [5.74, 6) is -1.79. The largest absolute Gasteiger partial charge is 0.493 e. The SMILES string of the molecule is COc1cc(NC(=O)N(CCCCCCC(=O)NO)c2ccc(N3CCCCC3)cc2)cc(OC)c1OC.O=C(O)C(F)(F)F. The molecule has 15 heteroatoms. The second kappa shape index (κ2) is 18.4. The van der Waals surface area contributed by atoms with Crippen LogP contribution in [0.2, 0.25) is 0 Å². The fraction of sp³-hybridized carbons (Fsp3) is 0.500. The van der Waals surface area contributed by atoms with Gasteiger partial charge >= 0.3 is 18.2 Å². The number of halogens is 3. The summed E-state index contributed by atoms with van der Waals surface area (Å²) in [6, 6.07) is 11.3. The molecule has 0 radical (unpaired) electrons. The number of carboxylic acids is 1. The number of anilines is 3. The van der Waals surface area contributed by atoms with Crippen molar-refractivity contribution in [1.82, 2.24) is 5.48 Å². The summed E-state index contributed by atoms with van der Waals surface area (Å²) in [7, 11) is 4.59. The minimum Gasteiger partial charge on any atom is -0.493 e. The van der Waals surface area contributed by atoms with Crippen LogP contribution in [0.1, 0.15) is 51.4 Å². The molecule has 0 atom stereocenters. The first-order valence-corrected chi connectivity index (χ1v) is 14.4. The molecule has 0 aliphatic carbocycles. The Bertz CT molecular complexity index is 1210. The highest BCUT2D eigenvalue weighted by Crippen LogP contribution is 2.40. The van der Waals surface area contributed by atoms with Crippen molar-refractivity contribution >= 4 is 35.0 Å². The summed E-state index contributed by atoms with van der Waals surface area (Å²) in [5, 5.41) is 18.7. The summed E-state index contributed by atoms with van der Waals surface area (Å²) >= 11 is 0. The lowest BCUT2D eigenvalue weighted by Gasteiger charge is -2.29. The molecule has 1 aliphatic rings. The monoisotopic (exact) mass is 642 g/mol. The summed E-state index contributed by atoms with van der Waals surface area (Å²) in [6.07, 6.45) is 1.97. The number of piperidine rings is 1. The molecule has 0 saturated carbocycles. The fourth-order valence-electron chi connectivity index (χ4n) is 4.65. The molecule has 2 aromatic carbocycles. The van der Waals surface area contributed by atoms with Crippen LogP contribution in [0.15, 0.2) is 36.4 Å².